The fourth-order valence-corrected chi connectivity index (χ4v) is 4.81. The maximum absolute atomic E-state index is 12.5. The second-order valence-corrected chi connectivity index (χ2v) is 9.12. The topological polar surface area (TPSA) is 66.2 Å². The number of hydrogen-bond acceptors (Lipinski definition) is 7. The molecule has 0 atom stereocenters. The van der Waals surface area contributed by atoms with Gasteiger partial charge >= 0.3 is 0 Å². The van der Waals surface area contributed by atoms with Crippen molar-refractivity contribution >= 4 is 17.7 Å². The summed E-state index contributed by atoms with van der Waals surface area (Å²) in [5.41, 5.74) is 1.04. The third-order valence-corrected chi connectivity index (χ3v) is 6.60. The van der Waals surface area contributed by atoms with E-state index in [1.54, 1.807) is 4.90 Å². The standard InChI is InChI=1S/C23H29N3O4S/c27-21-14-20(16-25-10-12-31-13-11-25)29-17-22(21)30-18-23(28)26-8-6-24(7-9-26)15-19-4-2-1-3-5-19/h1-5,14,17H,6-13,15-16,18H2. The Bertz CT molecular complexity index is 907. The van der Waals surface area contributed by atoms with Crippen molar-refractivity contribution in [2.45, 2.75) is 13.1 Å². The highest BCUT2D eigenvalue weighted by Crippen LogP contribution is 2.14. The molecule has 8 heteroatoms. The second kappa shape index (κ2) is 10.8. The zero-order valence-corrected chi connectivity index (χ0v) is 18.5. The van der Waals surface area contributed by atoms with Crippen LogP contribution in [0.15, 0.2) is 51.9 Å². The number of carbonyl (C=O) groups excluding carboxylic acids is 1. The van der Waals surface area contributed by atoms with E-state index in [1.165, 1.54) is 17.9 Å². The van der Waals surface area contributed by atoms with E-state index >= 15 is 0 Å². The molecule has 3 heterocycles. The second-order valence-electron chi connectivity index (χ2n) is 7.89. The van der Waals surface area contributed by atoms with Crippen LogP contribution >= 0.6 is 11.8 Å². The molecule has 0 saturated carbocycles. The third-order valence-electron chi connectivity index (χ3n) is 5.66. The van der Waals surface area contributed by atoms with Crippen LogP contribution in [0.25, 0.3) is 0 Å². The number of thioether (sulfide) groups is 1. The fourth-order valence-electron chi connectivity index (χ4n) is 3.83. The monoisotopic (exact) mass is 443 g/mol. The minimum Gasteiger partial charge on any atom is -0.477 e. The molecule has 4 rings (SSSR count). The number of benzene rings is 1. The highest BCUT2D eigenvalue weighted by Gasteiger charge is 2.22. The predicted octanol–water partition coefficient (Wildman–Crippen LogP) is 1.91. The zero-order chi connectivity index (χ0) is 21.5. The molecule has 2 saturated heterocycles. The summed E-state index contributed by atoms with van der Waals surface area (Å²) in [5.74, 6) is 2.83. The number of rotatable bonds is 7. The number of piperazine rings is 1. The molecule has 7 nitrogen and oxygen atoms in total. The average molecular weight is 444 g/mol. The quantitative estimate of drug-likeness (QED) is 0.648. The van der Waals surface area contributed by atoms with Gasteiger partial charge in [-0.1, -0.05) is 30.3 Å². The van der Waals surface area contributed by atoms with Gasteiger partial charge in [-0.2, -0.15) is 11.8 Å². The number of hydrogen-bond donors (Lipinski definition) is 0. The lowest BCUT2D eigenvalue weighted by Gasteiger charge is -2.34. The lowest BCUT2D eigenvalue weighted by Crippen LogP contribution is -2.49. The highest BCUT2D eigenvalue weighted by atomic mass is 32.2. The van der Waals surface area contributed by atoms with Crippen molar-refractivity contribution in [1.29, 1.82) is 0 Å². The normalized spacial score (nSPS) is 18.1. The van der Waals surface area contributed by atoms with Gasteiger partial charge in [-0.15, -0.1) is 0 Å². The smallest absolute Gasteiger partial charge is 0.260 e. The van der Waals surface area contributed by atoms with Gasteiger partial charge in [0.1, 0.15) is 12.0 Å². The summed E-state index contributed by atoms with van der Waals surface area (Å²) in [4.78, 5) is 31.3. The minimum atomic E-state index is -0.242. The molecule has 1 aromatic heterocycles. The SMILES string of the molecule is O=C(COc1coc(CN2CCSCC2)cc1=O)N1CCN(Cc2ccccc2)CC1. The van der Waals surface area contributed by atoms with Crippen LogP contribution in [0.2, 0.25) is 0 Å². The Kier molecular flexibility index (Phi) is 7.66. The Morgan fingerprint density at radius 3 is 2.39 bits per heavy atom. The first kappa shape index (κ1) is 21.9. The fraction of sp³-hybridized carbons (Fsp3) is 0.478. The van der Waals surface area contributed by atoms with Gasteiger partial charge in [0, 0.05) is 63.4 Å². The van der Waals surface area contributed by atoms with Gasteiger partial charge in [-0.05, 0) is 5.56 Å². The minimum absolute atomic E-state index is 0.0917. The van der Waals surface area contributed by atoms with Crippen molar-refractivity contribution < 1.29 is 13.9 Å². The molecule has 1 aromatic carbocycles. The van der Waals surface area contributed by atoms with Crippen molar-refractivity contribution in [3.05, 3.63) is 64.2 Å². The van der Waals surface area contributed by atoms with Gasteiger partial charge in [-0.25, -0.2) is 0 Å². The first-order valence-corrected chi connectivity index (χ1v) is 11.9. The third kappa shape index (κ3) is 6.35. The maximum Gasteiger partial charge on any atom is 0.260 e. The van der Waals surface area contributed by atoms with Gasteiger partial charge in [-0.3, -0.25) is 19.4 Å². The Morgan fingerprint density at radius 1 is 0.968 bits per heavy atom. The maximum atomic E-state index is 12.5. The van der Waals surface area contributed by atoms with Crippen molar-refractivity contribution in [3.8, 4) is 5.75 Å². The summed E-state index contributed by atoms with van der Waals surface area (Å²) in [7, 11) is 0. The van der Waals surface area contributed by atoms with Crippen LogP contribution in [0.5, 0.6) is 5.75 Å². The number of carbonyl (C=O) groups is 1. The molecule has 2 aliphatic heterocycles. The van der Waals surface area contributed by atoms with Crippen LogP contribution < -0.4 is 10.2 Å². The lowest BCUT2D eigenvalue weighted by molar-refractivity contribution is -0.135. The molecule has 0 bridgehead atoms. The molecule has 0 spiro atoms. The van der Waals surface area contributed by atoms with Crippen molar-refractivity contribution in [1.82, 2.24) is 14.7 Å². The molecule has 0 N–H and O–H groups in total. The molecular weight excluding hydrogens is 414 g/mol. The van der Waals surface area contributed by atoms with Gasteiger partial charge < -0.3 is 14.1 Å². The highest BCUT2D eigenvalue weighted by molar-refractivity contribution is 7.99. The summed E-state index contributed by atoms with van der Waals surface area (Å²) < 4.78 is 11.1. The van der Waals surface area contributed by atoms with Crippen LogP contribution in [0, 0.1) is 0 Å². The first-order valence-electron chi connectivity index (χ1n) is 10.8. The van der Waals surface area contributed by atoms with Crippen molar-refractivity contribution in [2.24, 2.45) is 0 Å². The lowest BCUT2D eigenvalue weighted by atomic mass is 10.2. The van der Waals surface area contributed by atoms with E-state index < -0.39 is 0 Å². The molecule has 0 unspecified atom stereocenters. The average Bonchev–Trinajstić information content (AvgIpc) is 2.80. The molecule has 2 aliphatic rings. The molecule has 2 fully saturated rings. The summed E-state index contributed by atoms with van der Waals surface area (Å²) in [6.07, 6.45) is 1.33. The summed E-state index contributed by atoms with van der Waals surface area (Å²) in [5, 5.41) is 0. The molecule has 0 aliphatic carbocycles. The Balaban J connectivity index is 1.22. The molecule has 31 heavy (non-hydrogen) atoms. The molecule has 1 amide bonds. The van der Waals surface area contributed by atoms with Gasteiger partial charge in [0.15, 0.2) is 6.61 Å². The van der Waals surface area contributed by atoms with Gasteiger partial charge in [0.05, 0.1) is 6.54 Å². The van der Waals surface area contributed by atoms with Crippen LogP contribution in [-0.4, -0.2) is 78.0 Å². The number of ether oxygens (including phenoxy) is 1. The van der Waals surface area contributed by atoms with E-state index in [1.807, 2.05) is 30.0 Å². The largest absolute Gasteiger partial charge is 0.477 e. The van der Waals surface area contributed by atoms with Gasteiger partial charge in [0.2, 0.25) is 11.2 Å². The molecule has 166 valence electrons. The molecular formula is C23H29N3O4S. The summed E-state index contributed by atoms with van der Waals surface area (Å²) in [6.45, 7) is 6.35. The van der Waals surface area contributed by atoms with Crippen molar-refractivity contribution in [3.63, 3.8) is 0 Å². The number of amides is 1. The number of nitrogens with zero attached hydrogens (tertiary/aromatic N) is 3. The molecule has 2 aromatic rings. The zero-order valence-electron chi connectivity index (χ0n) is 17.7. The van der Waals surface area contributed by atoms with Crippen LogP contribution in [0.4, 0.5) is 0 Å². The predicted molar refractivity (Wildman–Crippen MR) is 121 cm³/mol. The van der Waals surface area contributed by atoms with E-state index in [4.69, 9.17) is 9.15 Å². The van der Waals surface area contributed by atoms with Gasteiger partial charge in [0.25, 0.3) is 5.91 Å². The van der Waals surface area contributed by atoms with Crippen LogP contribution in [-0.2, 0) is 17.9 Å². The van der Waals surface area contributed by atoms with E-state index in [0.29, 0.717) is 25.4 Å². The van der Waals surface area contributed by atoms with Crippen LogP contribution in [0.3, 0.4) is 0 Å². The Labute approximate surface area is 187 Å². The van der Waals surface area contributed by atoms with Crippen LogP contribution in [0.1, 0.15) is 11.3 Å². The Morgan fingerprint density at radius 2 is 1.68 bits per heavy atom. The summed E-state index contributed by atoms with van der Waals surface area (Å²) in [6, 6.07) is 11.8. The van der Waals surface area contributed by atoms with E-state index in [9.17, 15) is 9.59 Å². The van der Waals surface area contributed by atoms with E-state index in [-0.39, 0.29) is 23.7 Å². The van der Waals surface area contributed by atoms with Crippen molar-refractivity contribution in [2.75, 3.05) is 57.4 Å². The van der Waals surface area contributed by atoms with E-state index in [0.717, 1.165) is 44.2 Å². The Hall–Kier alpha value is -2.29. The first-order chi connectivity index (χ1) is 15.2. The molecule has 0 radical (unpaired) electrons. The summed E-state index contributed by atoms with van der Waals surface area (Å²) >= 11 is 1.94. The van der Waals surface area contributed by atoms with E-state index in [2.05, 4.69) is 21.9 Å².